The predicted octanol–water partition coefficient (Wildman–Crippen LogP) is 2.63. The van der Waals surface area contributed by atoms with E-state index in [1.165, 1.54) is 11.4 Å². The van der Waals surface area contributed by atoms with Gasteiger partial charge in [-0.05, 0) is 30.3 Å². The molecule has 3 aromatic rings. The number of piperazine rings is 1. The molecule has 1 N–H and O–H groups in total. The van der Waals surface area contributed by atoms with Crippen LogP contribution in [0, 0.1) is 0 Å². The molecule has 0 bridgehead atoms. The van der Waals surface area contributed by atoms with Gasteiger partial charge in [0.15, 0.2) is 5.82 Å². The van der Waals surface area contributed by atoms with Crippen molar-refractivity contribution in [1.82, 2.24) is 15.3 Å². The number of hydrogen-bond acceptors (Lipinski definition) is 6. The number of fused-ring (bicyclic) bond motifs is 1. The van der Waals surface area contributed by atoms with Crippen molar-refractivity contribution in [3.63, 3.8) is 0 Å². The summed E-state index contributed by atoms with van der Waals surface area (Å²) < 4.78 is 28.4. The van der Waals surface area contributed by atoms with Crippen molar-refractivity contribution in [2.75, 3.05) is 42.4 Å². The minimum absolute atomic E-state index is 0.204. The van der Waals surface area contributed by atoms with Crippen molar-refractivity contribution in [3.05, 3.63) is 53.0 Å². The van der Waals surface area contributed by atoms with Gasteiger partial charge in [0.2, 0.25) is 5.95 Å². The quantitative estimate of drug-likeness (QED) is 0.643. The van der Waals surface area contributed by atoms with Gasteiger partial charge in [0.1, 0.15) is 0 Å². The molecular weight excluding hydrogens is 442 g/mol. The minimum Gasteiger partial charge on any atom is -0.338 e. The fourth-order valence-electron chi connectivity index (χ4n) is 3.19. The second kappa shape index (κ2) is 7.65. The Morgan fingerprint density at radius 3 is 2.57 bits per heavy atom. The Balaban J connectivity index is 1.84. The van der Waals surface area contributed by atoms with Crippen LogP contribution in [0.2, 0.25) is 0 Å². The van der Waals surface area contributed by atoms with Gasteiger partial charge in [-0.15, -0.1) is 0 Å². The molecule has 1 aliphatic heterocycles. The Bertz CT molecular complexity index is 1120. The van der Waals surface area contributed by atoms with Crippen molar-refractivity contribution in [3.8, 4) is 0 Å². The second-order valence-electron chi connectivity index (χ2n) is 6.53. The first-order valence-electron chi connectivity index (χ1n) is 8.94. The SMILES string of the molecule is CN(c1nc(N2CCNCC2)nc2ccccc12)S(=O)(=O)c1cccc(Br)c1. The highest BCUT2D eigenvalue weighted by atomic mass is 79.9. The summed E-state index contributed by atoms with van der Waals surface area (Å²) in [4.78, 5) is 11.6. The summed E-state index contributed by atoms with van der Waals surface area (Å²) in [5, 5.41) is 4.00. The Morgan fingerprint density at radius 1 is 1.07 bits per heavy atom. The van der Waals surface area contributed by atoms with E-state index in [1.807, 2.05) is 24.3 Å². The lowest BCUT2D eigenvalue weighted by molar-refractivity contribution is 0.580. The minimum atomic E-state index is -3.77. The first-order chi connectivity index (χ1) is 13.5. The normalized spacial score (nSPS) is 15.0. The number of anilines is 2. The molecule has 2 heterocycles. The number of nitrogens with one attached hydrogen (secondary N) is 1. The molecule has 0 atom stereocenters. The third kappa shape index (κ3) is 3.57. The van der Waals surface area contributed by atoms with Gasteiger partial charge in [-0.25, -0.2) is 13.4 Å². The zero-order valence-corrected chi connectivity index (χ0v) is 17.7. The van der Waals surface area contributed by atoms with E-state index in [1.54, 1.807) is 24.3 Å². The molecule has 1 aromatic heterocycles. The van der Waals surface area contributed by atoms with E-state index >= 15 is 0 Å². The average molecular weight is 462 g/mol. The van der Waals surface area contributed by atoms with Gasteiger partial charge in [-0.3, -0.25) is 4.31 Å². The van der Waals surface area contributed by atoms with Gasteiger partial charge in [0, 0.05) is 43.1 Å². The summed E-state index contributed by atoms with van der Waals surface area (Å²) in [6, 6.07) is 14.1. The van der Waals surface area contributed by atoms with Crippen LogP contribution in [0.4, 0.5) is 11.8 Å². The summed E-state index contributed by atoms with van der Waals surface area (Å²) in [6.07, 6.45) is 0. The molecule has 2 aromatic carbocycles. The fourth-order valence-corrected chi connectivity index (χ4v) is 4.95. The number of halogens is 1. The first-order valence-corrected chi connectivity index (χ1v) is 11.2. The van der Waals surface area contributed by atoms with E-state index < -0.39 is 10.0 Å². The third-order valence-electron chi connectivity index (χ3n) is 4.72. The topological polar surface area (TPSA) is 78.4 Å². The van der Waals surface area contributed by atoms with E-state index in [9.17, 15) is 8.42 Å². The third-order valence-corrected chi connectivity index (χ3v) is 6.96. The second-order valence-corrected chi connectivity index (χ2v) is 9.42. The molecule has 1 aliphatic rings. The lowest BCUT2D eigenvalue weighted by atomic mass is 10.2. The van der Waals surface area contributed by atoms with E-state index in [0.29, 0.717) is 21.6 Å². The number of aromatic nitrogens is 2. The van der Waals surface area contributed by atoms with Crippen LogP contribution in [-0.4, -0.2) is 51.6 Å². The van der Waals surface area contributed by atoms with E-state index in [4.69, 9.17) is 0 Å². The molecule has 1 saturated heterocycles. The number of rotatable bonds is 4. The van der Waals surface area contributed by atoms with Gasteiger partial charge in [-0.2, -0.15) is 4.98 Å². The summed E-state index contributed by atoms with van der Waals surface area (Å²) in [5.41, 5.74) is 0.720. The molecule has 0 amide bonds. The largest absolute Gasteiger partial charge is 0.338 e. The van der Waals surface area contributed by atoms with Crippen molar-refractivity contribution >= 4 is 48.6 Å². The van der Waals surface area contributed by atoms with Crippen LogP contribution in [0.3, 0.4) is 0 Å². The number of sulfonamides is 1. The molecule has 7 nitrogen and oxygen atoms in total. The van der Waals surface area contributed by atoms with Crippen molar-refractivity contribution in [2.24, 2.45) is 0 Å². The Morgan fingerprint density at radius 2 is 1.82 bits per heavy atom. The van der Waals surface area contributed by atoms with E-state index in [2.05, 4.69) is 36.1 Å². The molecule has 28 heavy (non-hydrogen) atoms. The van der Waals surface area contributed by atoms with Gasteiger partial charge in [0.25, 0.3) is 10.0 Å². The highest BCUT2D eigenvalue weighted by Gasteiger charge is 2.26. The maximum Gasteiger partial charge on any atom is 0.265 e. The summed E-state index contributed by atoms with van der Waals surface area (Å²) in [7, 11) is -2.24. The zero-order valence-electron chi connectivity index (χ0n) is 15.3. The first kappa shape index (κ1) is 19.1. The molecule has 1 fully saturated rings. The fraction of sp³-hybridized carbons (Fsp3) is 0.263. The monoisotopic (exact) mass is 461 g/mol. The van der Waals surface area contributed by atoms with Crippen LogP contribution >= 0.6 is 15.9 Å². The van der Waals surface area contributed by atoms with Crippen molar-refractivity contribution < 1.29 is 8.42 Å². The zero-order chi connectivity index (χ0) is 19.7. The van der Waals surface area contributed by atoms with Gasteiger partial charge >= 0.3 is 0 Å². The molecule has 146 valence electrons. The maximum atomic E-state index is 13.2. The molecule has 0 radical (unpaired) electrons. The molecule has 0 saturated carbocycles. The van der Waals surface area contributed by atoms with Crippen LogP contribution in [0.25, 0.3) is 10.9 Å². The summed E-state index contributed by atoms with van der Waals surface area (Å²) in [6.45, 7) is 3.25. The Labute approximate surface area is 172 Å². The lowest BCUT2D eigenvalue weighted by Crippen LogP contribution is -2.44. The molecule has 4 rings (SSSR count). The summed E-state index contributed by atoms with van der Waals surface area (Å²) in [5.74, 6) is 0.922. The highest BCUT2D eigenvalue weighted by Crippen LogP contribution is 2.30. The van der Waals surface area contributed by atoms with Gasteiger partial charge in [0.05, 0.1) is 10.4 Å². The molecular formula is C19H20BrN5O2S. The maximum absolute atomic E-state index is 13.2. The Kier molecular flexibility index (Phi) is 5.22. The van der Waals surface area contributed by atoms with Crippen molar-refractivity contribution in [1.29, 1.82) is 0 Å². The smallest absolute Gasteiger partial charge is 0.265 e. The van der Waals surface area contributed by atoms with E-state index in [0.717, 1.165) is 31.7 Å². The van der Waals surface area contributed by atoms with Crippen LogP contribution in [-0.2, 0) is 10.0 Å². The standard InChI is InChI=1S/C19H20BrN5O2S/c1-24(28(26,27)15-6-4-5-14(20)13-15)18-16-7-2-3-8-17(16)22-19(23-18)25-11-9-21-10-12-25/h2-8,13,21H,9-12H2,1H3. The summed E-state index contributed by atoms with van der Waals surface area (Å²) >= 11 is 3.34. The lowest BCUT2D eigenvalue weighted by Gasteiger charge is -2.29. The number of para-hydroxylation sites is 1. The molecule has 9 heteroatoms. The van der Waals surface area contributed by atoms with Crippen LogP contribution in [0.15, 0.2) is 57.9 Å². The van der Waals surface area contributed by atoms with Crippen molar-refractivity contribution in [2.45, 2.75) is 4.90 Å². The number of nitrogens with zero attached hydrogens (tertiary/aromatic N) is 4. The molecule has 0 unspecified atom stereocenters. The number of hydrogen-bond donors (Lipinski definition) is 1. The van der Waals surface area contributed by atoms with Gasteiger partial charge in [-0.1, -0.05) is 34.1 Å². The Hall–Kier alpha value is -2.23. The van der Waals surface area contributed by atoms with Gasteiger partial charge < -0.3 is 10.2 Å². The van der Waals surface area contributed by atoms with Crippen LogP contribution in [0.5, 0.6) is 0 Å². The van der Waals surface area contributed by atoms with Crippen LogP contribution in [0.1, 0.15) is 0 Å². The highest BCUT2D eigenvalue weighted by molar-refractivity contribution is 9.10. The van der Waals surface area contributed by atoms with Crippen LogP contribution < -0.4 is 14.5 Å². The molecule has 0 spiro atoms. The number of benzene rings is 2. The van der Waals surface area contributed by atoms with E-state index in [-0.39, 0.29) is 4.90 Å². The predicted molar refractivity (Wildman–Crippen MR) is 114 cm³/mol. The molecule has 0 aliphatic carbocycles. The average Bonchev–Trinajstić information content (AvgIpc) is 2.73.